The highest BCUT2D eigenvalue weighted by atomic mass is 19.4. The van der Waals surface area contributed by atoms with E-state index < -0.39 is 17.8 Å². The van der Waals surface area contributed by atoms with Crippen molar-refractivity contribution in [1.82, 2.24) is 10.6 Å². The SMILES string of the molecule is CC(C)(Cc1cccc(CC(=O)NCc2ccccc2C(F)(F)F)c1)NCC(O)c1ccc(O)cc1. The van der Waals surface area contributed by atoms with Gasteiger partial charge in [-0.3, -0.25) is 4.79 Å². The van der Waals surface area contributed by atoms with Gasteiger partial charge in [-0.25, -0.2) is 0 Å². The van der Waals surface area contributed by atoms with E-state index in [1.165, 1.54) is 30.3 Å². The third kappa shape index (κ3) is 8.10. The molecule has 1 amide bonds. The summed E-state index contributed by atoms with van der Waals surface area (Å²) in [7, 11) is 0. The van der Waals surface area contributed by atoms with Gasteiger partial charge in [-0.05, 0) is 60.7 Å². The Morgan fingerprint density at radius 3 is 2.31 bits per heavy atom. The molecule has 0 fully saturated rings. The van der Waals surface area contributed by atoms with Crippen molar-refractivity contribution in [2.45, 2.75) is 51.1 Å². The number of amides is 1. The molecular formula is C28H31F3N2O3. The van der Waals surface area contributed by atoms with Crippen molar-refractivity contribution in [2.75, 3.05) is 6.54 Å². The summed E-state index contributed by atoms with van der Waals surface area (Å²) in [6, 6.07) is 19.1. The fourth-order valence-electron chi connectivity index (χ4n) is 4.00. The third-order valence-corrected chi connectivity index (χ3v) is 5.85. The molecule has 1 unspecified atom stereocenters. The summed E-state index contributed by atoms with van der Waals surface area (Å²) in [4.78, 5) is 12.4. The number of phenols is 1. The van der Waals surface area contributed by atoms with E-state index in [1.54, 1.807) is 12.1 Å². The first-order valence-corrected chi connectivity index (χ1v) is 11.6. The Morgan fingerprint density at radius 1 is 0.944 bits per heavy atom. The molecule has 4 N–H and O–H groups in total. The molecule has 0 heterocycles. The van der Waals surface area contributed by atoms with Crippen molar-refractivity contribution >= 4 is 5.91 Å². The molecule has 0 saturated heterocycles. The minimum absolute atomic E-state index is 0.0226. The molecule has 3 aromatic carbocycles. The lowest BCUT2D eigenvalue weighted by molar-refractivity contribution is -0.138. The number of aliphatic hydroxyl groups is 1. The smallest absolute Gasteiger partial charge is 0.416 e. The molecule has 8 heteroatoms. The molecule has 0 saturated carbocycles. The number of benzene rings is 3. The van der Waals surface area contributed by atoms with Crippen LogP contribution in [0.2, 0.25) is 0 Å². The van der Waals surface area contributed by atoms with Crippen LogP contribution in [0.5, 0.6) is 5.75 Å². The molecule has 0 aliphatic carbocycles. The highest BCUT2D eigenvalue weighted by Gasteiger charge is 2.32. The number of hydrogen-bond acceptors (Lipinski definition) is 4. The fourth-order valence-corrected chi connectivity index (χ4v) is 4.00. The highest BCUT2D eigenvalue weighted by Crippen LogP contribution is 2.31. The van der Waals surface area contributed by atoms with E-state index in [0.29, 0.717) is 18.5 Å². The fraction of sp³-hybridized carbons (Fsp3) is 0.321. The monoisotopic (exact) mass is 500 g/mol. The van der Waals surface area contributed by atoms with E-state index in [9.17, 15) is 28.2 Å². The molecule has 0 spiro atoms. The van der Waals surface area contributed by atoms with Crippen LogP contribution < -0.4 is 10.6 Å². The van der Waals surface area contributed by atoms with Gasteiger partial charge in [0, 0.05) is 18.6 Å². The van der Waals surface area contributed by atoms with Gasteiger partial charge in [0.1, 0.15) is 5.75 Å². The van der Waals surface area contributed by atoms with Crippen LogP contribution in [-0.2, 0) is 30.4 Å². The Bertz CT molecular complexity index is 1160. The van der Waals surface area contributed by atoms with Crippen molar-refractivity contribution in [1.29, 1.82) is 0 Å². The van der Waals surface area contributed by atoms with E-state index in [4.69, 9.17) is 0 Å². The quantitative estimate of drug-likeness (QED) is 0.319. The van der Waals surface area contributed by atoms with E-state index in [0.717, 1.165) is 17.2 Å². The van der Waals surface area contributed by atoms with Crippen molar-refractivity contribution in [3.63, 3.8) is 0 Å². The minimum Gasteiger partial charge on any atom is -0.508 e. The normalized spacial score (nSPS) is 12.8. The van der Waals surface area contributed by atoms with Crippen molar-refractivity contribution in [2.24, 2.45) is 0 Å². The van der Waals surface area contributed by atoms with E-state index in [-0.39, 0.29) is 35.7 Å². The maximum Gasteiger partial charge on any atom is 0.416 e. The molecule has 36 heavy (non-hydrogen) atoms. The second-order valence-corrected chi connectivity index (χ2v) is 9.48. The van der Waals surface area contributed by atoms with E-state index in [2.05, 4.69) is 10.6 Å². The number of carbonyl (C=O) groups is 1. The van der Waals surface area contributed by atoms with Crippen LogP contribution >= 0.6 is 0 Å². The molecule has 3 aromatic rings. The number of phenolic OH excluding ortho intramolecular Hbond substituents is 1. The zero-order chi connectivity index (χ0) is 26.3. The number of hydrogen-bond donors (Lipinski definition) is 4. The molecule has 0 bridgehead atoms. The molecule has 0 aliphatic rings. The Morgan fingerprint density at radius 2 is 1.61 bits per heavy atom. The number of rotatable bonds is 10. The van der Waals surface area contributed by atoms with Crippen LogP contribution in [0.4, 0.5) is 13.2 Å². The third-order valence-electron chi connectivity index (χ3n) is 5.85. The zero-order valence-corrected chi connectivity index (χ0v) is 20.3. The number of aliphatic hydroxyl groups excluding tert-OH is 1. The number of halogens is 3. The van der Waals surface area contributed by atoms with Crippen molar-refractivity contribution < 1.29 is 28.2 Å². The van der Waals surface area contributed by atoms with Crippen LogP contribution in [0, 0.1) is 0 Å². The average molecular weight is 501 g/mol. The summed E-state index contributed by atoms with van der Waals surface area (Å²) in [6.45, 7) is 4.13. The molecule has 0 aromatic heterocycles. The lowest BCUT2D eigenvalue weighted by atomic mass is 9.93. The molecule has 3 rings (SSSR count). The number of nitrogens with one attached hydrogen (secondary N) is 2. The number of aromatic hydroxyl groups is 1. The summed E-state index contributed by atoms with van der Waals surface area (Å²) < 4.78 is 39.5. The molecule has 192 valence electrons. The first-order valence-electron chi connectivity index (χ1n) is 11.6. The first kappa shape index (κ1) is 27.2. The maximum absolute atomic E-state index is 13.2. The second-order valence-electron chi connectivity index (χ2n) is 9.48. The van der Waals surface area contributed by atoms with E-state index >= 15 is 0 Å². The Kier molecular flexibility index (Phi) is 8.76. The lowest BCUT2D eigenvalue weighted by Crippen LogP contribution is -2.43. The largest absolute Gasteiger partial charge is 0.508 e. The Hall–Kier alpha value is -3.36. The molecular weight excluding hydrogens is 469 g/mol. The van der Waals surface area contributed by atoms with Crippen LogP contribution in [0.25, 0.3) is 0 Å². The van der Waals surface area contributed by atoms with Crippen LogP contribution in [0.3, 0.4) is 0 Å². The summed E-state index contributed by atoms with van der Waals surface area (Å²) in [5, 5.41) is 25.8. The highest BCUT2D eigenvalue weighted by molar-refractivity contribution is 5.78. The Labute approximate surface area is 209 Å². The van der Waals surface area contributed by atoms with Gasteiger partial charge in [-0.15, -0.1) is 0 Å². The Balaban J connectivity index is 1.54. The minimum atomic E-state index is -4.48. The average Bonchev–Trinajstić information content (AvgIpc) is 2.81. The van der Waals surface area contributed by atoms with Crippen LogP contribution in [0.1, 0.15) is 47.8 Å². The first-order chi connectivity index (χ1) is 16.9. The van der Waals surface area contributed by atoms with Crippen LogP contribution in [0.15, 0.2) is 72.8 Å². The predicted octanol–water partition coefficient (Wildman–Crippen LogP) is 4.91. The summed E-state index contributed by atoms with van der Waals surface area (Å²) in [5.41, 5.74) is 1.35. The van der Waals surface area contributed by atoms with Crippen molar-refractivity contribution in [3.8, 4) is 5.75 Å². The van der Waals surface area contributed by atoms with Crippen molar-refractivity contribution in [3.05, 3.63) is 101 Å². The van der Waals surface area contributed by atoms with Gasteiger partial charge in [0.15, 0.2) is 0 Å². The van der Waals surface area contributed by atoms with Gasteiger partial charge >= 0.3 is 6.18 Å². The number of carbonyl (C=O) groups excluding carboxylic acids is 1. The van der Waals surface area contributed by atoms with Gasteiger partial charge in [0.05, 0.1) is 18.1 Å². The van der Waals surface area contributed by atoms with Crippen LogP contribution in [-0.4, -0.2) is 28.2 Å². The second kappa shape index (κ2) is 11.6. The number of β-amino-alcohol motifs (C(OH)–C–C–N with tert-alkyl or cyclic N) is 1. The predicted molar refractivity (Wildman–Crippen MR) is 132 cm³/mol. The summed E-state index contributed by atoms with van der Waals surface area (Å²) in [5.74, 6) is -0.225. The lowest BCUT2D eigenvalue weighted by Gasteiger charge is -2.28. The zero-order valence-electron chi connectivity index (χ0n) is 20.3. The standard InChI is InChI=1S/C28H31F3N2O3/c1-27(2,33-18-25(35)21-10-12-23(34)13-11-21)16-20-7-5-6-19(14-20)15-26(36)32-17-22-8-3-4-9-24(22)28(29,30)31/h3-14,25,33-35H,15-18H2,1-2H3,(H,32,36). The summed E-state index contributed by atoms with van der Waals surface area (Å²) >= 11 is 0. The number of alkyl halides is 3. The van der Waals surface area contributed by atoms with Gasteiger partial charge in [0.25, 0.3) is 0 Å². The molecule has 1 atom stereocenters. The van der Waals surface area contributed by atoms with Gasteiger partial charge in [-0.2, -0.15) is 13.2 Å². The summed E-state index contributed by atoms with van der Waals surface area (Å²) in [6.07, 6.45) is -4.53. The van der Waals surface area contributed by atoms with Gasteiger partial charge < -0.3 is 20.8 Å². The maximum atomic E-state index is 13.2. The molecule has 5 nitrogen and oxygen atoms in total. The molecule has 0 aliphatic heterocycles. The van der Waals surface area contributed by atoms with Gasteiger partial charge in [0.2, 0.25) is 5.91 Å². The topological polar surface area (TPSA) is 81.6 Å². The molecule has 0 radical (unpaired) electrons. The van der Waals surface area contributed by atoms with E-state index in [1.807, 2.05) is 38.1 Å². The van der Waals surface area contributed by atoms with Gasteiger partial charge in [-0.1, -0.05) is 54.6 Å².